The van der Waals surface area contributed by atoms with Crippen LogP contribution in [0.1, 0.15) is 6.92 Å². The van der Waals surface area contributed by atoms with Gasteiger partial charge in [-0.25, -0.2) is 0 Å². The molecule has 0 fully saturated rings. The number of nitro groups is 1. The molecule has 1 aromatic rings. The molecular weight excluding hydrogens is 255 g/mol. The zero-order valence-corrected chi connectivity index (χ0v) is 9.19. The molecule has 1 unspecified atom stereocenters. The summed E-state index contributed by atoms with van der Waals surface area (Å²) in [6, 6.07) is 3.10. The zero-order valence-electron chi connectivity index (χ0n) is 9.19. The highest BCUT2D eigenvalue weighted by atomic mass is 19.4. The first-order valence-corrected chi connectivity index (χ1v) is 4.73. The first-order chi connectivity index (χ1) is 8.24. The van der Waals surface area contributed by atoms with Crippen molar-refractivity contribution in [2.45, 2.75) is 19.2 Å². The number of halogens is 3. The first kappa shape index (κ1) is 14.0. The highest BCUT2D eigenvalue weighted by Gasteiger charge is 2.38. The van der Waals surface area contributed by atoms with Crippen LogP contribution in [0.4, 0.5) is 24.5 Å². The Balaban J connectivity index is 3.02. The van der Waals surface area contributed by atoms with E-state index in [1.807, 2.05) is 0 Å². The van der Waals surface area contributed by atoms with E-state index in [-0.39, 0.29) is 11.4 Å². The van der Waals surface area contributed by atoms with Crippen molar-refractivity contribution in [3.63, 3.8) is 0 Å². The molecule has 1 atom stereocenters. The van der Waals surface area contributed by atoms with E-state index in [4.69, 9.17) is 5.84 Å². The van der Waals surface area contributed by atoms with E-state index in [9.17, 15) is 23.3 Å². The fourth-order valence-electron chi connectivity index (χ4n) is 1.11. The van der Waals surface area contributed by atoms with Crippen molar-refractivity contribution < 1.29 is 22.8 Å². The summed E-state index contributed by atoms with van der Waals surface area (Å²) in [5, 5.41) is 10.6. The van der Waals surface area contributed by atoms with E-state index >= 15 is 0 Å². The van der Waals surface area contributed by atoms with Crippen LogP contribution in [0.5, 0.6) is 5.75 Å². The number of anilines is 1. The number of ether oxygens (including phenoxy) is 1. The predicted molar refractivity (Wildman–Crippen MR) is 57.1 cm³/mol. The van der Waals surface area contributed by atoms with Crippen LogP contribution in [0.2, 0.25) is 0 Å². The Labute approximate surface area is 99.6 Å². The maximum atomic E-state index is 12.3. The minimum absolute atomic E-state index is 0.0774. The van der Waals surface area contributed by atoms with Crippen LogP contribution in [0.3, 0.4) is 0 Å². The van der Waals surface area contributed by atoms with E-state index in [1.165, 1.54) is 0 Å². The van der Waals surface area contributed by atoms with Crippen molar-refractivity contribution in [1.29, 1.82) is 0 Å². The van der Waals surface area contributed by atoms with Crippen LogP contribution in [-0.2, 0) is 0 Å². The predicted octanol–water partition coefficient (Wildman–Crippen LogP) is 2.21. The second-order valence-electron chi connectivity index (χ2n) is 3.42. The van der Waals surface area contributed by atoms with Gasteiger partial charge in [-0.2, -0.15) is 13.2 Å². The van der Waals surface area contributed by atoms with Gasteiger partial charge in [0.05, 0.1) is 16.7 Å². The number of nitrogens with zero attached hydrogens (tertiary/aromatic N) is 1. The summed E-state index contributed by atoms with van der Waals surface area (Å²) < 4.78 is 41.4. The molecular formula is C9H10F3N3O3. The maximum Gasteiger partial charge on any atom is 0.425 e. The summed E-state index contributed by atoms with van der Waals surface area (Å²) in [6.45, 7) is 0.800. The van der Waals surface area contributed by atoms with Crippen molar-refractivity contribution in [3.05, 3.63) is 28.3 Å². The van der Waals surface area contributed by atoms with Gasteiger partial charge in [0, 0.05) is 12.1 Å². The lowest BCUT2D eigenvalue weighted by Gasteiger charge is -2.17. The molecule has 1 aromatic carbocycles. The van der Waals surface area contributed by atoms with Gasteiger partial charge in [0.15, 0.2) is 6.10 Å². The zero-order chi connectivity index (χ0) is 13.9. The second kappa shape index (κ2) is 5.08. The normalized spacial score (nSPS) is 12.9. The number of benzene rings is 1. The maximum absolute atomic E-state index is 12.3. The molecule has 0 saturated carbocycles. The van der Waals surface area contributed by atoms with Crippen LogP contribution in [0.25, 0.3) is 0 Å². The average Bonchev–Trinajstić information content (AvgIpc) is 2.27. The lowest BCUT2D eigenvalue weighted by atomic mass is 10.2. The van der Waals surface area contributed by atoms with Crippen molar-refractivity contribution in [3.8, 4) is 5.75 Å². The highest BCUT2D eigenvalue weighted by molar-refractivity contribution is 5.55. The van der Waals surface area contributed by atoms with Crippen LogP contribution in [0.15, 0.2) is 18.2 Å². The van der Waals surface area contributed by atoms with E-state index in [1.54, 1.807) is 0 Å². The molecule has 0 aliphatic heterocycles. The molecule has 3 N–H and O–H groups in total. The molecule has 0 aromatic heterocycles. The summed E-state index contributed by atoms with van der Waals surface area (Å²) in [6.07, 6.45) is -6.63. The Kier molecular flexibility index (Phi) is 3.96. The molecule has 6 nitrogen and oxygen atoms in total. The number of nitro benzene ring substituents is 1. The Morgan fingerprint density at radius 3 is 2.50 bits per heavy atom. The monoisotopic (exact) mass is 265 g/mol. The van der Waals surface area contributed by atoms with Gasteiger partial charge in [-0.15, -0.1) is 0 Å². The minimum Gasteiger partial charge on any atom is -0.481 e. The Bertz CT molecular complexity index is 450. The summed E-state index contributed by atoms with van der Waals surface area (Å²) in [5.74, 6) is 4.76. The van der Waals surface area contributed by atoms with Crippen molar-refractivity contribution in [2.75, 3.05) is 5.43 Å². The van der Waals surface area contributed by atoms with Gasteiger partial charge < -0.3 is 10.2 Å². The third-order valence-corrected chi connectivity index (χ3v) is 2.04. The molecule has 0 aliphatic rings. The van der Waals surface area contributed by atoms with Gasteiger partial charge in [-0.3, -0.25) is 16.0 Å². The van der Waals surface area contributed by atoms with E-state index in [2.05, 4.69) is 10.2 Å². The number of hydrazine groups is 1. The van der Waals surface area contributed by atoms with Crippen LogP contribution < -0.4 is 16.0 Å². The quantitative estimate of drug-likeness (QED) is 0.495. The smallest absolute Gasteiger partial charge is 0.425 e. The third-order valence-electron chi connectivity index (χ3n) is 2.04. The highest BCUT2D eigenvalue weighted by Crippen LogP contribution is 2.29. The molecule has 18 heavy (non-hydrogen) atoms. The van der Waals surface area contributed by atoms with Gasteiger partial charge in [-0.1, -0.05) is 0 Å². The Morgan fingerprint density at radius 2 is 2.06 bits per heavy atom. The molecule has 0 spiro atoms. The average molecular weight is 265 g/mol. The lowest BCUT2D eigenvalue weighted by molar-refractivity contribution is -0.384. The SMILES string of the molecule is CC(Oc1cc(NN)cc([N+](=O)[O-])c1)C(F)(F)F. The Morgan fingerprint density at radius 1 is 1.44 bits per heavy atom. The summed E-state index contributed by atoms with van der Waals surface area (Å²) >= 11 is 0. The van der Waals surface area contributed by atoms with Crippen molar-refractivity contribution in [1.82, 2.24) is 0 Å². The van der Waals surface area contributed by atoms with Crippen molar-refractivity contribution in [2.24, 2.45) is 5.84 Å². The molecule has 0 saturated heterocycles. The molecule has 0 heterocycles. The van der Waals surface area contributed by atoms with E-state index in [0.29, 0.717) is 0 Å². The van der Waals surface area contributed by atoms with Gasteiger partial charge >= 0.3 is 6.18 Å². The molecule has 0 aliphatic carbocycles. The molecule has 0 radical (unpaired) electrons. The summed E-state index contributed by atoms with van der Waals surface area (Å²) in [5.41, 5.74) is 1.76. The summed E-state index contributed by atoms with van der Waals surface area (Å²) in [7, 11) is 0. The second-order valence-corrected chi connectivity index (χ2v) is 3.42. The number of alkyl halides is 3. The van der Waals surface area contributed by atoms with Crippen LogP contribution in [-0.4, -0.2) is 17.2 Å². The molecule has 0 bridgehead atoms. The number of hydrogen-bond acceptors (Lipinski definition) is 5. The fraction of sp³-hybridized carbons (Fsp3) is 0.333. The number of nitrogen functional groups attached to an aromatic ring is 1. The van der Waals surface area contributed by atoms with E-state index < -0.39 is 22.9 Å². The molecule has 1 rings (SSSR count). The molecule has 100 valence electrons. The third kappa shape index (κ3) is 3.48. The van der Waals surface area contributed by atoms with Crippen LogP contribution in [0, 0.1) is 10.1 Å². The fourth-order valence-corrected chi connectivity index (χ4v) is 1.11. The number of non-ortho nitro benzene ring substituents is 1. The summed E-state index contributed by atoms with van der Waals surface area (Å²) in [4.78, 5) is 9.81. The standard InChI is InChI=1S/C9H10F3N3O3/c1-5(9(10,11)12)18-8-3-6(14-13)2-7(4-8)15(16)17/h2-5,14H,13H2,1H3. The van der Waals surface area contributed by atoms with Gasteiger partial charge in [0.25, 0.3) is 5.69 Å². The number of hydrogen-bond donors (Lipinski definition) is 2. The van der Waals surface area contributed by atoms with Crippen LogP contribution >= 0.6 is 0 Å². The Hall–Kier alpha value is -2.03. The largest absolute Gasteiger partial charge is 0.481 e. The first-order valence-electron chi connectivity index (χ1n) is 4.73. The lowest BCUT2D eigenvalue weighted by Crippen LogP contribution is -2.31. The van der Waals surface area contributed by atoms with Gasteiger partial charge in [0.2, 0.25) is 0 Å². The molecule has 9 heteroatoms. The molecule has 0 amide bonds. The van der Waals surface area contributed by atoms with Gasteiger partial charge in [-0.05, 0) is 6.92 Å². The number of nitrogens with two attached hydrogens (primary N) is 1. The van der Waals surface area contributed by atoms with Gasteiger partial charge in [0.1, 0.15) is 5.75 Å². The topological polar surface area (TPSA) is 90.4 Å². The number of nitrogens with one attached hydrogen (secondary N) is 1. The van der Waals surface area contributed by atoms with E-state index in [0.717, 1.165) is 25.1 Å². The van der Waals surface area contributed by atoms with Crippen molar-refractivity contribution >= 4 is 11.4 Å². The number of rotatable bonds is 4. The minimum atomic E-state index is -4.55.